The smallest absolute Gasteiger partial charge is 0.335 e. The standard InChI is InChI=1S/C8H13NO2/c1-4-7(9)8(10)11-5-6(2)3/h1,6-7H,5,9H2,2-3H3/t7-/m0/s1. The van der Waals surface area contributed by atoms with Gasteiger partial charge in [0.1, 0.15) is 0 Å². The van der Waals surface area contributed by atoms with Crippen molar-refractivity contribution in [3.8, 4) is 12.3 Å². The fourth-order valence-electron chi connectivity index (χ4n) is 0.407. The van der Waals surface area contributed by atoms with E-state index in [1.807, 2.05) is 13.8 Å². The Hall–Kier alpha value is -1.01. The maximum absolute atomic E-state index is 10.8. The lowest BCUT2D eigenvalue weighted by Gasteiger charge is -2.07. The molecule has 0 rings (SSSR count). The van der Waals surface area contributed by atoms with Gasteiger partial charge in [-0.3, -0.25) is 0 Å². The van der Waals surface area contributed by atoms with Gasteiger partial charge >= 0.3 is 5.97 Å². The minimum absolute atomic E-state index is 0.309. The molecule has 3 heteroatoms. The van der Waals surface area contributed by atoms with Gasteiger partial charge in [0.2, 0.25) is 0 Å². The van der Waals surface area contributed by atoms with Crippen molar-refractivity contribution < 1.29 is 9.53 Å². The maximum atomic E-state index is 10.8. The zero-order valence-corrected chi connectivity index (χ0v) is 6.83. The first-order chi connectivity index (χ1) is 5.07. The zero-order chi connectivity index (χ0) is 8.85. The third-order valence-corrected chi connectivity index (χ3v) is 0.992. The first-order valence-electron chi connectivity index (χ1n) is 3.46. The quantitative estimate of drug-likeness (QED) is 0.466. The summed E-state index contributed by atoms with van der Waals surface area (Å²) in [5.74, 6) is 1.87. The Morgan fingerprint density at radius 1 is 1.73 bits per heavy atom. The third kappa shape index (κ3) is 4.40. The molecule has 1 atom stereocenters. The number of ether oxygens (including phenoxy) is 1. The lowest BCUT2D eigenvalue weighted by molar-refractivity contribution is -0.144. The molecule has 0 saturated carbocycles. The largest absolute Gasteiger partial charge is 0.464 e. The van der Waals surface area contributed by atoms with E-state index in [0.717, 1.165) is 0 Å². The van der Waals surface area contributed by atoms with Gasteiger partial charge in [0, 0.05) is 0 Å². The van der Waals surface area contributed by atoms with Crippen LogP contribution < -0.4 is 5.73 Å². The van der Waals surface area contributed by atoms with E-state index in [-0.39, 0.29) is 0 Å². The van der Waals surface area contributed by atoms with Crippen LogP contribution in [0.4, 0.5) is 0 Å². The summed E-state index contributed by atoms with van der Waals surface area (Å²) in [4.78, 5) is 10.8. The van der Waals surface area contributed by atoms with Crippen LogP contribution in [0.25, 0.3) is 0 Å². The zero-order valence-electron chi connectivity index (χ0n) is 6.83. The van der Waals surface area contributed by atoms with Crippen LogP contribution in [0.5, 0.6) is 0 Å². The molecule has 0 aromatic carbocycles. The number of rotatable bonds is 3. The molecule has 11 heavy (non-hydrogen) atoms. The lowest BCUT2D eigenvalue weighted by Crippen LogP contribution is -2.31. The summed E-state index contributed by atoms with van der Waals surface area (Å²) in [5.41, 5.74) is 5.19. The van der Waals surface area contributed by atoms with Crippen molar-refractivity contribution >= 4 is 5.97 Å². The second-order valence-corrected chi connectivity index (χ2v) is 2.67. The molecule has 0 radical (unpaired) electrons. The molecule has 62 valence electrons. The highest BCUT2D eigenvalue weighted by atomic mass is 16.5. The number of nitrogens with two attached hydrogens (primary N) is 1. The van der Waals surface area contributed by atoms with Gasteiger partial charge in [0.05, 0.1) is 6.61 Å². The van der Waals surface area contributed by atoms with Crippen molar-refractivity contribution in [3.63, 3.8) is 0 Å². The average Bonchev–Trinajstić information content (AvgIpc) is 1.98. The predicted octanol–water partition coefficient (Wildman–Crippen LogP) is 0.146. The molecule has 0 aliphatic rings. The topological polar surface area (TPSA) is 52.3 Å². The fourth-order valence-corrected chi connectivity index (χ4v) is 0.407. The highest BCUT2D eigenvalue weighted by Crippen LogP contribution is 1.93. The SMILES string of the molecule is C#C[C@H](N)C(=O)OCC(C)C. The van der Waals surface area contributed by atoms with Gasteiger partial charge in [-0.2, -0.15) is 0 Å². The highest BCUT2D eigenvalue weighted by Gasteiger charge is 2.11. The Bertz CT molecular complexity index is 169. The Morgan fingerprint density at radius 2 is 2.27 bits per heavy atom. The number of carbonyl (C=O) groups is 1. The van der Waals surface area contributed by atoms with Gasteiger partial charge in [0.15, 0.2) is 6.04 Å². The van der Waals surface area contributed by atoms with Gasteiger partial charge in [0.25, 0.3) is 0 Å². The summed E-state index contributed by atoms with van der Waals surface area (Å²) >= 11 is 0. The number of carbonyl (C=O) groups excluding carboxylic acids is 1. The van der Waals surface area contributed by atoms with E-state index in [0.29, 0.717) is 12.5 Å². The van der Waals surface area contributed by atoms with Crippen LogP contribution in [0, 0.1) is 18.3 Å². The second-order valence-electron chi connectivity index (χ2n) is 2.67. The van der Waals surface area contributed by atoms with E-state index < -0.39 is 12.0 Å². The molecular formula is C8H13NO2. The minimum atomic E-state index is -0.922. The molecule has 0 aromatic rings. The summed E-state index contributed by atoms with van der Waals surface area (Å²) in [6, 6.07) is -0.922. The monoisotopic (exact) mass is 155 g/mol. The fraction of sp³-hybridized carbons (Fsp3) is 0.625. The van der Waals surface area contributed by atoms with Crippen molar-refractivity contribution in [2.75, 3.05) is 6.61 Å². The van der Waals surface area contributed by atoms with Crippen LogP contribution in [0.3, 0.4) is 0 Å². The van der Waals surface area contributed by atoms with Crippen molar-refractivity contribution in [1.82, 2.24) is 0 Å². The van der Waals surface area contributed by atoms with Gasteiger partial charge in [-0.15, -0.1) is 6.42 Å². The molecule has 0 heterocycles. The second kappa shape index (κ2) is 4.75. The molecule has 0 fully saturated rings. The van der Waals surface area contributed by atoms with Crippen LogP contribution >= 0.6 is 0 Å². The molecule has 0 aromatic heterocycles. The van der Waals surface area contributed by atoms with Crippen molar-refractivity contribution in [2.45, 2.75) is 19.9 Å². The Labute approximate surface area is 66.9 Å². The van der Waals surface area contributed by atoms with E-state index in [9.17, 15) is 4.79 Å². The van der Waals surface area contributed by atoms with E-state index in [2.05, 4.69) is 5.92 Å². The molecule has 0 unspecified atom stereocenters. The van der Waals surface area contributed by atoms with Crippen LogP contribution in [0.15, 0.2) is 0 Å². The highest BCUT2D eigenvalue weighted by molar-refractivity contribution is 5.78. The summed E-state index contributed by atoms with van der Waals surface area (Å²) in [5, 5.41) is 0. The first-order valence-corrected chi connectivity index (χ1v) is 3.46. The molecule has 0 aliphatic carbocycles. The summed E-state index contributed by atoms with van der Waals surface area (Å²) in [6.45, 7) is 4.25. The first kappa shape index (κ1) is 9.99. The van der Waals surface area contributed by atoms with Crippen LogP contribution in [-0.2, 0) is 9.53 Å². The van der Waals surface area contributed by atoms with Gasteiger partial charge in [-0.25, -0.2) is 4.79 Å². The van der Waals surface area contributed by atoms with Crippen molar-refractivity contribution in [2.24, 2.45) is 11.7 Å². The van der Waals surface area contributed by atoms with E-state index in [1.54, 1.807) is 0 Å². The maximum Gasteiger partial charge on any atom is 0.335 e. The molecular weight excluding hydrogens is 142 g/mol. The molecule has 3 nitrogen and oxygen atoms in total. The van der Waals surface area contributed by atoms with E-state index >= 15 is 0 Å². The third-order valence-electron chi connectivity index (χ3n) is 0.992. The summed E-state index contributed by atoms with van der Waals surface area (Å²) in [6.07, 6.45) is 4.90. The predicted molar refractivity (Wildman–Crippen MR) is 42.6 cm³/mol. The van der Waals surface area contributed by atoms with Crippen LogP contribution in [0.2, 0.25) is 0 Å². The number of hydrogen-bond acceptors (Lipinski definition) is 3. The van der Waals surface area contributed by atoms with Crippen LogP contribution in [-0.4, -0.2) is 18.6 Å². The Morgan fingerprint density at radius 3 is 2.64 bits per heavy atom. The number of esters is 1. The molecule has 0 bridgehead atoms. The van der Waals surface area contributed by atoms with Crippen LogP contribution in [0.1, 0.15) is 13.8 Å². The Balaban J connectivity index is 3.63. The van der Waals surface area contributed by atoms with Gasteiger partial charge in [-0.1, -0.05) is 19.8 Å². The Kier molecular flexibility index (Phi) is 4.32. The molecule has 0 spiro atoms. The van der Waals surface area contributed by atoms with E-state index in [1.165, 1.54) is 0 Å². The minimum Gasteiger partial charge on any atom is -0.464 e. The molecule has 2 N–H and O–H groups in total. The average molecular weight is 155 g/mol. The van der Waals surface area contributed by atoms with Gasteiger partial charge in [-0.05, 0) is 5.92 Å². The molecule has 0 aliphatic heterocycles. The summed E-state index contributed by atoms with van der Waals surface area (Å²) < 4.78 is 4.75. The van der Waals surface area contributed by atoms with Crippen molar-refractivity contribution in [1.29, 1.82) is 0 Å². The van der Waals surface area contributed by atoms with E-state index in [4.69, 9.17) is 16.9 Å². The molecule has 0 amide bonds. The number of hydrogen-bond donors (Lipinski definition) is 1. The normalized spacial score (nSPS) is 12.3. The van der Waals surface area contributed by atoms with Gasteiger partial charge < -0.3 is 10.5 Å². The number of terminal acetylenes is 1. The lowest BCUT2D eigenvalue weighted by atomic mass is 10.2. The van der Waals surface area contributed by atoms with Crippen molar-refractivity contribution in [3.05, 3.63) is 0 Å². The summed E-state index contributed by atoms with van der Waals surface area (Å²) in [7, 11) is 0. The molecule has 0 saturated heterocycles.